The smallest absolute Gasteiger partial charge is 0.270 e. The molecule has 1 aliphatic heterocycles. The van der Waals surface area contributed by atoms with Gasteiger partial charge in [-0.15, -0.1) is 0 Å². The van der Waals surface area contributed by atoms with Gasteiger partial charge in [0.1, 0.15) is 0 Å². The van der Waals surface area contributed by atoms with E-state index in [1.807, 2.05) is 12.1 Å². The monoisotopic (exact) mass is 376 g/mol. The summed E-state index contributed by atoms with van der Waals surface area (Å²) in [6, 6.07) is 11.8. The molecule has 0 unspecified atom stereocenters. The number of carbonyl (C=O) groups is 1. The van der Waals surface area contributed by atoms with E-state index >= 15 is 0 Å². The fraction of sp³-hybridized carbons (Fsp3) is 0.278. The summed E-state index contributed by atoms with van der Waals surface area (Å²) in [6.45, 7) is 1.40. The first-order valence-corrected chi connectivity index (χ1v) is 9.25. The van der Waals surface area contributed by atoms with Gasteiger partial charge < -0.3 is 4.90 Å². The number of piperidine rings is 1. The van der Waals surface area contributed by atoms with Crippen LogP contribution in [0.3, 0.4) is 0 Å². The van der Waals surface area contributed by atoms with E-state index in [9.17, 15) is 14.9 Å². The molecule has 0 N–H and O–H groups in total. The fourth-order valence-corrected chi connectivity index (χ4v) is 3.83. The Morgan fingerprint density at radius 3 is 2.40 bits per heavy atom. The van der Waals surface area contributed by atoms with Crippen molar-refractivity contribution in [3.63, 3.8) is 0 Å². The topological polar surface area (TPSA) is 63.4 Å². The molecule has 1 aliphatic rings. The van der Waals surface area contributed by atoms with E-state index in [-0.39, 0.29) is 11.6 Å². The molecule has 1 amide bonds. The van der Waals surface area contributed by atoms with Crippen molar-refractivity contribution in [2.24, 2.45) is 0 Å². The number of non-ortho nitro benzene ring substituents is 1. The molecule has 0 bridgehead atoms. The van der Waals surface area contributed by atoms with E-state index in [2.05, 4.69) is 0 Å². The molecule has 0 aromatic heterocycles. The van der Waals surface area contributed by atoms with Crippen molar-refractivity contribution in [2.45, 2.75) is 29.1 Å². The third kappa shape index (κ3) is 4.32. The first kappa shape index (κ1) is 17.8. The number of hydrogen-bond donors (Lipinski definition) is 0. The van der Waals surface area contributed by atoms with Gasteiger partial charge in [-0.1, -0.05) is 23.4 Å². The lowest BCUT2D eigenvalue weighted by Gasteiger charge is -2.27. The van der Waals surface area contributed by atoms with E-state index in [0.29, 0.717) is 28.6 Å². The Hall–Kier alpha value is -2.05. The van der Waals surface area contributed by atoms with Crippen molar-refractivity contribution in [2.75, 3.05) is 13.1 Å². The third-order valence-electron chi connectivity index (χ3n) is 4.09. The number of nitro groups is 1. The zero-order chi connectivity index (χ0) is 17.8. The zero-order valence-electron chi connectivity index (χ0n) is 13.5. The molecular formula is C18H17ClN2O3S. The van der Waals surface area contributed by atoms with Crippen molar-refractivity contribution >= 4 is 35.0 Å². The molecule has 0 saturated carbocycles. The average Bonchev–Trinajstić information content (AvgIpc) is 2.64. The number of nitrogens with zero attached hydrogens (tertiary/aromatic N) is 2. The van der Waals surface area contributed by atoms with Crippen LogP contribution in [-0.2, 0) is 0 Å². The summed E-state index contributed by atoms with van der Waals surface area (Å²) in [7, 11) is 0. The molecule has 1 saturated heterocycles. The summed E-state index contributed by atoms with van der Waals surface area (Å²) < 4.78 is 0. The van der Waals surface area contributed by atoms with Gasteiger partial charge in [0, 0.05) is 40.0 Å². The molecule has 5 nitrogen and oxygen atoms in total. The minimum absolute atomic E-state index is 0.0687. The number of carbonyl (C=O) groups excluding carboxylic acids is 1. The molecule has 0 spiro atoms. The van der Waals surface area contributed by atoms with Gasteiger partial charge >= 0.3 is 0 Å². The van der Waals surface area contributed by atoms with Crippen LogP contribution < -0.4 is 0 Å². The Balaban J connectivity index is 1.94. The van der Waals surface area contributed by atoms with Gasteiger partial charge in [-0.25, -0.2) is 0 Å². The maximum Gasteiger partial charge on any atom is 0.270 e. The van der Waals surface area contributed by atoms with Crippen LogP contribution in [0.2, 0.25) is 5.02 Å². The van der Waals surface area contributed by atoms with Gasteiger partial charge in [0.25, 0.3) is 11.6 Å². The summed E-state index contributed by atoms with van der Waals surface area (Å²) in [5.74, 6) is -0.139. The molecule has 130 valence electrons. The molecular weight excluding hydrogens is 360 g/mol. The molecule has 0 aliphatic carbocycles. The van der Waals surface area contributed by atoms with Gasteiger partial charge in [0.15, 0.2) is 0 Å². The number of likely N-dealkylation sites (tertiary alicyclic amines) is 1. The first-order valence-electron chi connectivity index (χ1n) is 8.06. The molecule has 3 rings (SSSR count). The van der Waals surface area contributed by atoms with Crippen LogP contribution in [0.25, 0.3) is 0 Å². The highest BCUT2D eigenvalue weighted by Gasteiger charge is 2.23. The summed E-state index contributed by atoms with van der Waals surface area (Å²) in [4.78, 5) is 27.0. The maximum absolute atomic E-state index is 12.9. The molecule has 1 heterocycles. The third-order valence-corrected chi connectivity index (χ3v) is 5.42. The van der Waals surface area contributed by atoms with E-state index in [1.54, 1.807) is 23.1 Å². The first-order chi connectivity index (χ1) is 12.0. The van der Waals surface area contributed by atoms with Gasteiger partial charge in [-0.2, -0.15) is 0 Å². The van der Waals surface area contributed by atoms with Crippen LogP contribution in [0.5, 0.6) is 0 Å². The van der Waals surface area contributed by atoms with Crippen molar-refractivity contribution in [3.8, 4) is 0 Å². The lowest BCUT2D eigenvalue weighted by Crippen LogP contribution is -2.35. The predicted octanol–water partition coefficient (Wildman–Crippen LogP) is 5.03. The highest BCUT2D eigenvalue weighted by Crippen LogP contribution is 2.34. The molecule has 1 fully saturated rings. The second kappa shape index (κ2) is 7.89. The number of amides is 1. The average molecular weight is 377 g/mol. The van der Waals surface area contributed by atoms with Crippen molar-refractivity contribution in [1.82, 2.24) is 4.90 Å². The number of hydrogen-bond acceptors (Lipinski definition) is 4. The summed E-state index contributed by atoms with van der Waals surface area (Å²) in [5, 5.41) is 11.8. The highest BCUT2D eigenvalue weighted by molar-refractivity contribution is 7.99. The summed E-state index contributed by atoms with van der Waals surface area (Å²) in [6.07, 6.45) is 3.06. The summed E-state index contributed by atoms with van der Waals surface area (Å²) >= 11 is 7.32. The van der Waals surface area contributed by atoms with Crippen molar-refractivity contribution in [1.29, 1.82) is 0 Å². The largest absolute Gasteiger partial charge is 0.339 e. The maximum atomic E-state index is 12.9. The molecule has 25 heavy (non-hydrogen) atoms. The Bertz CT molecular complexity index is 789. The Kier molecular flexibility index (Phi) is 5.60. The Morgan fingerprint density at radius 2 is 1.76 bits per heavy atom. The van der Waals surface area contributed by atoms with Gasteiger partial charge in [-0.3, -0.25) is 14.9 Å². The van der Waals surface area contributed by atoms with Gasteiger partial charge in [0.2, 0.25) is 0 Å². The molecule has 0 atom stereocenters. The predicted molar refractivity (Wildman–Crippen MR) is 98.4 cm³/mol. The quantitative estimate of drug-likeness (QED) is 0.554. The van der Waals surface area contributed by atoms with Crippen LogP contribution in [0.1, 0.15) is 29.6 Å². The van der Waals surface area contributed by atoms with E-state index < -0.39 is 4.92 Å². The van der Waals surface area contributed by atoms with Crippen molar-refractivity contribution < 1.29 is 9.72 Å². The van der Waals surface area contributed by atoms with E-state index in [4.69, 9.17) is 11.6 Å². The standard InChI is InChI=1S/C18H17ClN2O3S/c19-13-4-7-15(8-5-13)25-17-9-6-14(21(23)24)12-16(17)18(22)20-10-2-1-3-11-20/h4-9,12H,1-3,10-11H2. The van der Waals surface area contributed by atoms with Gasteiger partial charge in [0.05, 0.1) is 10.5 Å². The van der Waals surface area contributed by atoms with E-state index in [0.717, 1.165) is 24.2 Å². The number of nitro benzene ring substituents is 1. The highest BCUT2D eigenvalue weighted by atomic mass is 35.5. The molecule has 0 radical (unpaired) electrons. The molecule has 7 heteroatoms. The van der Waals surface area contributed by atoms with Crippen LogP contribution in [0, 0.1) is 10.1 Å². The lowest BCUT2D eigenvalue weighted by molar-refractivity contribution is -0.384. The SMILES string of the molecule is O=C(c1cc([N+](=O)[O-])ccc1Sc1ccc(Cl)cc1)N1CCCCC1. The Morgan fingerprint density at radius 1 is 1.08 bits per heavy atom. The number of benzene rings is 2. The fourth-order valence-electron chi connectivity index (χ4n) is 2.78. The zero-order valence-corrected chi connectivity index (χ0v) is 15.1. The summed E-state index contributed by atoms with van der Waals surface area (Å²) in [5.41, 5.74) is 0.317. The van der Waals surface area contributed by atoms with Gasteiger partial charge in [-0.05, 0) is 49.6 Å². The van der Waals surface area contributed by atoms with Crippen LogP contribution in [0.4, 0.5) is 5.69 Å². The minimum atomic E-state index is -0.469. The second-order valence-corrected chi connectivity index (χ2v) is 7.40. The minimum Gasteiger partial charge on any atom is -0.339 e. The lowest BCUT2D eigenvalue weighted by atomic mass is 10.1. The Labute approximate surface area is 155 Å². The van der Waals surface area contributed by atoms with Crippen LogP contribution >= 0.6 is 23.4 Å². The molecule has 2 aromatic rings. The number of rotatable bonds is 4. The van der Waals surface area contributed by atoms with Crippen LogP contribution in [-0.4, -0.2) is 28.8 Å². The second-order valence-electron chi connectivity index (χ2n) is 5.85. The normalized spacial score (nSPS) is 14.4. The van der Waals surface area contributed by atoms with E-state index in [1.165, 1.54) is 23.9 Å². The van der Waals surface area contributed by atoms with Crippen LogP contribution in [0.15, 0.2) is 52.3 Å². The number of halogens is 1. The van der Waals surface area contributed by atoms with Crippen molar-refractivity contribution in [3.05, 3.63) is 63.2 Å². The molecule has 2 aromatic carbocycles.